The van der Waals surface area contributed by atoms with Gasteiger partial charge in [0.25, 0.3) is 0 Å². The number of ether oxygens (including phenoxy) is 1. The van der Waals surface area contributed by atoms with Gasteiger partial charge in [-0.25, -0.2) is 18.6 Å². The average Bonchev–Trinajstić information content (AvgIpc) is 4.08. The number of carbonyl (C=O) groups excluding carboxylic acids is 6. The van der Waals surface area contributed by atoms with E-state index in [1.807, 2.05) is 32.0 Å². The van der Waals surface area contributed by atoms with E-state index >= 15 is 4.39 Å². The topological polar surface area (TPSA) is 325 Å². The molecule has 1 aliphatic rings. The number of aryl methyl sites for hydroxylation is 2. The van der Waals surface area contributed by atoms with E-state index in [2.05, 4.69) is 41.1 Å². The smallest absolute Gasteiger partial charge is 0.457 e. The molecule has 2 aromatic heterocycles. The van der Waals surface area contributed by atoms with Crippen molar-refractivity contribution in [2.45, 2.75) is 122 Å². The van der Waals surface area contributed by atoms with Crippen LogP contribution >= 0.6 is 7.82 Å². The molecular formula is C45H61FN11O12P. The van der Waals surface area contributed by atoms with Crippen molar-refractivity contribution in [2.75, 3.05) is 13.2 Å². The van der Waals surface area contributed by atoms with Crippen molar-refractivity contribution in [3.05, 3.63) is 90.0 Å². The molecular weight excluding hydrogens is 937 g/mol. The van der Waals surface area contributed by atoms with Crippen molar-refractivity contribution in [1.82, 2.24) is 50.7 Å². The average molecular weight is 998 g/mol. The first kappa shape index (κ1) is 54.4. The lowest BCUT2D eigenvalue weighted by Gasteiger charge is -2.28. The van der Waals surface area contributed by atoms with Crippen LogP contribution in [0.3, 0.4) is 0 Å². The van der Waals surface area contributed by atoms with Crippen molar-refractivity contribution < 1.29 is 61.9 Å². The van der Waals surface area contributed by atoms with Gasteiger partial charge in [-0.3, -0.25) is 33.3 Å². The van der Waals surface area contributed by atoms with Crippen molar-refractivity contribution in [3.8, 4) is 11.5 Å². The van der Waals surface area contributed by atoms with E-state index < -0.39 is 86.1 Å². The summed E-state index contributed by atoms with van der Waals surface area (Å²) in [5.74, 6) is -4.63. The van der Waals surface area contributed by atoms with E-state index in [0.717, 1.165) is 6.92 Å². The third-order valence-electron chi connectivity index (χ3n) is 11.3. The highest BCUT2D eigenvalue weighted by atomic mass is 31.2. The summed E-state index contributed by atoms with van der Waals surface area (Å²) in [4.78, 5) is 104. The van der Waals surface area contributed by atoms with Gasteiger partial charge < -0.3 is 56.1 Å². The predicted octanol–water partition coefficient (Wildman–Crippen LogP) is 0.991. The van der Waals surface area contributed by atoms with Crippen LogP contribution in [0.25, 0.3) is 0 Å². The molecule has 0 bridgehead atoms. The molecule has 5 rings (SSSR count). The van der Waals surface area contributed by atoms with E-state index in [-0.39, 0.29) is 31.2 Å². The molecule has 23 nitrogen and oxygen atoms in total. The van der Waals surface area contributed by atoms with Gasteiger partial charge in [-0.2, -0.15) is 0 Å². The van der Waals surface area contributed by atoms with Crippen LogP contribution in [-0.4, -0.2) is 129 Å². The Morgan fingerprint density at radius 1 is 0.929 bits per heavy atom. The van der Waals surface area contributed by atoms with Crippen LogP contribution < -0.4 is 31.7 Å². The Bertz CT molecular complexity index is 2490. The number of amides is 6. The van der Waals surface area contributed by atoms with Gasteiger partial charge in [-0.15, -0.1) is 5.10 Å². The second-order valence-corrected chi connectivity index (χ2v) is 18.6. The molecule has 0 saturated carbocycles. The number of nitrogens with one attached hydrogen (secondary N) is 4. The van der Waals surface area contributed by atoms with Gasteiger partial charge in [-0.1, -0.05) is 43.3 Å². The maximum Gasteiger partial charge on any atom is 0.469 e. The van der Waals surface area contributed by atoms with Gasteiger partial charge in [0.2, 0.25) is 35.4 Å². The summed E-state index contributed by atoms with van der Waals surface area (Å²) in [6, 6.07) is 6.63. The molecule has 2 aromatic carbocycles. The SMILES string of the molecule is CC(=O)N1CCC[C@H]1C(=O)N[C@@H](CC(C)C)C(=O)N[C@@H](Cc1cncn1CCCCc1cn(Cc2ccc(Oc3ccccc3)cc2F)nn1)C(=O)N[C@@H](CO)C(=O)N[C@H](C(N)=O)[C@@H](C)OP(=O)(O)O. The van der Waals surface area contributed by atoms with Gasteiger partial charge >= 0.3 is 7.82 Å². The van der Waals surface area contributed by atoms with Crippen LogP contribution in [0.2, 0.25) is 0 Å². The number of imidazole rings is 1. The van der Waals surface area contributed by atoms with Crippen molar-refractivity contribution in [2.24, 2.45) is 11.7 Å². The van der Waals surface area contributed by atoms with Crippen LogP contribution in [0.1, 0.15) is 76.8 Å². The molecule has 1 saturated heterocycles. The van der Waals surface area contributed by atoms with E-state index in [4.69, 9.17) is 10.5 Å². The van der Waals surface area contributed by atoms with Crippen molar-refractivity contribution >= 4 is 43.3 Å². The number of halogens is 1. The Hall–Kier alpha value is -6.59. The molecule has 70 heavy (non-hydrogen) atoms. The van der Waals surface area contributed by atoms with Crippen LogP contribution in [0.4, 0.5) is 4.39 Å². The van der Waals surface area contributed by atoms with Crippen LogP contribution in [-0.2, 0) is 63.8 Å². The zero-order valence-electron chi connectivity index (χ0n) is 39.3. The normalized spacial score (nSPS) is 15.9. The molecule has 9 N–H and O–H groups in total. The summed E-state index contributed by atoms with van der Waals surface area (Å²) in [5, 5.41) is 28.5. The summed E-state index contributed by atoms with van der Waals surface area (Å²) in [7, 11) is -5.14. The lowest BCUT2D eigenvalue weighted by Crippen LogP contribution is -2.61. The van der Waals surface area contributed by atoms with Crippen molar-refractivity contribution in [3.63, 3.8) is 0 Å². The molecule has 380 valence electrons. The third kappa shape index (κ3) is 16.3. The van der Waals surface area contributed by atoms with Crippen LogP contribution in [0.5, 0.6) is 11.5 Å². The molecule has 1 fully saturated rings. The van der Waals surface area contributed by atoms with E-state index in [1.54, 1.807) is 35.0 Å². The first-order chi connectivity index (χ1) is 33.2. The Kier molecular flexibility index (Phi) is 19.7. The number of nitrogens with zero attached hydrogens (tertiary/aromatic N) is 6. The van der Waals surface area contributed by atoms with Crippen LogP contribution in [0.15, 0.2) is 67.3 Å². The highest BCUT2D eigenvalue weighted by molar-refractivity contribution is 7.46. The fraction of sp³-hybridized carbons (Fsp3) is 0.489. The minimum Gasteiger partial charge on any atom is -0.457 e. The zero-order chi connectivity index (χ0) is 51.1. The number of benzene rings is 2. The fourth-order valence-corrected chi connectivity index (χ4v) is 8.41. The Morgan fingerprint density at radius 3 is 2.29 bits per heavy atom. The lowest BCUT2D eigenvalue weighted by molar-refractivity contribution is -0.139. The molecule has 4 aromatic rings. The molecule has 6 amide bonds. The number of hydrogen-bond donors (Lipinski definition) is 8. The minimum absolute atomic E-state index is 0.124. The Labute approximate surface area is 403 Å². The Balaban J connectivity index is 1.26. The van der Waals surface area contributed by atoms with Crippen LogP contribution in [0, 0.1) is 11.7 Å². The Morgan fingerprint density at radius 2 is 1.63 bits per heavy atom. The summed E-state index contributed by atoms with van der Waals surface area (Å²) >= 11 is 0. The maximum atomic E-state index is 15.0. The summed E-state index contributed by atoms with van der Waals surface area (Å²) < 4.78 is 40.0. The van der Waals surface area contributed by atoms with Gasteiger partial charge in [-0.05, 0) is 69.6 Å². The molecule has 0 radical (unpaired) electrons. The first-order valence-electron chi connectivity index (χ1n) is 22.7. The number of phosphoric acid groups is 1. The van der Waals surface area contributed by atoms with Crippen molar-refractivity contribution in [1.29, 1.82) is 0 Å². The number of carbonyl (C=O) groups is 6. The molecule has 25 heteroatoms. The third-order valence-corrected chi connectivity index (χ3v) is 11.9. The summed E-state index contributed by atoms with van der Waals surface area (Å²) in [6.07, 6.45) is 5.78. The number of unbranched alkanes of at least 4 members (excludes halogenated alkanes) is 1. The molecule has 0 unspecified atom stereocenters. The number of likely N-dealkylation sites (tertiary alicyclic amines) is 1. The molecule has 0 aliphatic carbocycles. The quantitative estimate of drug-likeness (QED) is 0.0321. The van der Waals surface area contributed by atoms with Gasteiger partial charge in [0.05, 0.1) is 31.3 Å². The second-order valence-electron chi connectivity index (χ2n) is 17.4. The van der Waals surface area contributed by atoms with Gasteiger partial charge in [0, 0.05) is 56.2 Å². The zero-order valence-corrected chi connectivity index (χ0v) is 40.2. The minimum atomic E-state index is -5.14. The molecule has 0 spiro atoms. The fourth-order valence-electron chi connectivity index (χ4n) is 7.85. The maximum absolute atomic E-state index is 15.0. The first-order valence-corrected chi connectivity index (χ1v) is 24.3. The molecule has 1 aliphatic heterocycles. The number of hydrogen-bond acceptors (Lipinski definition) is 13. The largest absolute Gasteiger partial charge is 0.469 e. The highest BCUT2D eigenvalue weighted by Crippen LogP contribution is 2.38. The highest BCUT2D eigenvalue weighted by Gasteiger charge is 2.37. The number of aromatic nitrogens is 5. The molecule has 6 atom stereocenters. The van der Waals surface area contributed by atoms with E-state index in [9.17, 15) is 48.2 Å². The van der Waals surface area contributed by atoms with Gasteiger partial charge in [0.1, 0.15) is 47.5 Å². The standard InChI is InChI=1S/C45H61FN11O12P/c1-27(2)19-36(50-45(64)39-14-10-18-57(39)29(4)59)42(61)49-37(43(62)51-38(25-58)44(63)52-40(41(47)60)28(3)69-70(65,66)67)20-32-22-48-26-55(32)17-9-8-11-31-24-56(54-53-31)23-30-15-16-34(21-35(30)46)68-33-12-6-5-7-13-33/h5-7,12-13,15-16,21-22,24,26-28,36-40,58H,8-11,14,17-20,23,25H2,1-4H3,(H2,47,60)(H,49,61)(H,50,64)(H,51,62)(H,52,63)(H2,65,66,67)/t28-,36+,37+,38+,39+,40+/m1/s1. The monoisotopic (exact) mass is 997 g/mol. The number of primary amides is 1. The summed E-state index contributed by atoms with van der Waals surface area (Å²) in [5.41, 5.74) is 6.91. The molecule has 3 heterocycles. The lowest BCUT2D eigenvalue weighted by atomic mass is 10.0. The number of nitrogens with two attached hydrogens (primary N) is 1. The number of aliphatic hydroxyl groups is 1. The van der Waals surface area contributed by atoms with E-state index in [0.29, 0.717) is 73.6 Å². The summed E-state index contributed by atoms with van der Waals surface area (Å²) in [6.45, 7) is 5.97. The number of rotatable bonds is 26. The number of aliphatic hydroxyl groups excluding tert-OH is 1. The number of para-hydroxylation sites is 1. The van der Waals surface area contributed by atoms with Gasteiger partial charge in [0.15, 0.2) is 0 Å². The van der Waals surface area contributed by atoms with E-state index in [1.165, 1.54) is 35.1 Å². The number of phosphoric ester groups is 1. The second kappa shape index (κ2) is 25.3. The predicted molar refractivity (Wildman–Crippen MR) is 247 cm³/mol.